The maximum Gasteiger partial charge on any atom is 0.0399 e. The molecule has 0 aliphatic rings. The molecule has 2 N–H and O–H groups in total. The molecule has 0 heterocycles. The van der Waals surface area contributed by atoms with Crippen LogP contribution >= 0.6 is 12.6 Å². The molecule has 0 amide bonds. The monoisotopic (exact) mass is 115 g/mol. The Morgan fingerprint density at radius 3 is 2.29 bits per heavy atom. The predicted molar refractivity (Wildman–Crippen MR) is 36.1 cm³/mol. The summed E-state index contributed by atoms with van der Waals surface area (Å²) in [5, 5.41) is 1.53. The average molecular weight is 115 g/mol. The van der Waals surface area contributed by atoms with Gasteiger partial charge in [0.05, 0.1) is 0 Å². The topological polar surface area (TPSA) is 26.0 Å². The van der Waals surface area contributed by atoms with Crippen LogP contribution in [-0.2, 0) is 0 Å². The fraction of sp³-hybridized carbons (Fsp3) is 0.200. The van der Waals surface area contributed by atoms with E-state index in [-0.39, 0.29) is 0 Å². The number of nitrogens with two attached hydrogens (primary N) is 1. The number of hydrogen-bond donors (Lipinski definition) is 2. The SMILES string of the molecule is C=C(C)/C(N)=C/S. The van der Waals surface area contributed by atoms with Gasteiger partial charge in [0.1, 0.15) is 0 Å². The smallest absolute Gasteiger partial charge is 0.0399 e. The molecule has 0 aliphatic heterocycles. The minimum absolute atomic E-state index is 0.642. The zero-order chi connectivity index (χ0) is 5.86. The first kappa shape index (κ1) is 6.63. The Morgan fingerprint density at radius 2 is 2.29 bits per heavy atom. The molecule has 0 atom stereocenters. The molecule has 0 unspecified atom stereocenters. The van der Waals surface area contributed by atoms with Crippen LogP contribution in [-0.4, -0.2) is 0 Å². The van der Waals surface area contributed by atoms with E-state index in [2.05, 4.69) is 19.2 Å². The fourth-order valence-corrected chi connectivity index (χ4v) is 0.331. The van der Waals surface area contributed by atoms with E-state index in [4.69, 9.17) is 5.73 Å². The number of hydrogen-bond acceptors (Lipinski definition) is 2. The third-order valence-electron chi connectivity index (χ3n) is 0.632. The minimum atomic E-state index is 0.642. The number of thiol groups is 1. The van der Waals surface area contributed by atoms with Crippen LogP contribution in [0.25, 0.3) is 0 Å². The summed E-state index contributed by atoms with van der Waals surface area (Å²) < 4.78 is 0. The van der Waals surface area contributed by atoms with Gasteiger partial charge in [-0.15, -0.1) is 12.6 Å². The highest BCUT2D eigenvalue weighted by Gasteiger charge is 1.82. The molecule has 0 bridgehead atoms. The highest BCUT2D eigenvalue weighted by molar-refractivity contribution is 7.83. The molecule has 2 heteroatoms. The molecule has 1 nitrogen and oxygen atoms in total. The standard InChI is InChI=1S/C5H9NS/c1-4(2)5(6)3-7/h3,7H,1,6H2,2H3/b5-3-. The van der Waals surface area contributed by atoms with Crippen molar-refractivity contribution in [2.45, 2.75) is 6.92 Å². The zero-order valence-corrected chi connectivity index (χ0v) is 5.20. The van der Waals surface area contributed by atoms with Crippen molar-refractivity contribution in [1.29, 1.82) is 0 Å². The van der Waals surface area contributed by atoms with Crippen molar-refractivity contribution in [3.8, 4) is 0 Å². The van der Waals surface area contributed by atoms with Crippen LogP contribution < -0.4 is 5.73 Å². The largest absolute Gasteiger partial charge is 0.398 e. The summed E-state index contributed by atoms with van der Waals surface area (Å²) in [5.74, 6) is 0. The molecule has 7 heavy (non-hydrogen) atoms. The van der Waals surface area contributed by atoms with Crippen LogP contribution in [0.1, 0.15) is 6.92 Å². The Morgan fingerprint density at radius 1 is 1.86 bits per heavy atom. The highest BCUT2D eigenvalue weighted by Crippen LogP contribution is 1.97. The van der Waals surface area contributed by atoms with Crippen LogP contribution in [0.4, 0.5) is 0 Å². The van der Waals surface area contributed by atoms with E-state index >= 15 is 0 Å². The van der Waals surface area contributed by atoms with E-state index in [0.717, 1.165) is 5.57 Å². The molecule has 0 aromatic heterocycles. The molecule has 0 spiro atoms. The van der Waals surface area contributed by atoms with E-state index < -0.39 is 0 Å². The summed E-state index contributed by atoms with van der Waals surface area (Å²) in [5.41, 5.74) is 6.80. The summed E-state index contributed by atoms with van der Waals surface area (Å²) in [6.45, 7) is 5.42. The zero-order valence-electron chi connectivity index (χ0n) is 4.31. The van der Waals surface area contributed by atoms with Crippen molar-refractivity contribution in [3.05, 3.63) is 23.3 Å². The normalized spacial score (nSPS) is 11.4. The molecule has 40 valence electrons. The van der Waals surface area contributed by atoms with Crippen LogP contribution in [0.5, 0.6) is 0 Å². The predicted octanol–water partition coefficient (Wildman–Crippen LogP) is 1.29. The molecule has 0 aromatic rings. The Kier molecular flexibility index (Phi) is 2.60. The first-order valence-corrected chi connectivity index (χ1v) is 2.46. The van der Waals surface area contributed by atoms with Crippen LogP contribution in [0, 0.1) is 0 Å². The van der Waals surface area contributed by atoms with Crippen molar-refractivity contribution in [2.24, 2.45) is 5.73 Å². The molecule has 0 aromatic carbocycles. The van der Waals surface area contributed by atoms with Crippen LogP contribution in [0.15, 0.2) is 23.3 Å². The second kappa shape index (κ2) is 2.75. The first-order valence-electron chi connectivity index (χ1n) is 1.94. The van der Waals surface area contributed by atoms with Gasteiger partial charge in [-0.05, 0) is 17.9 Å². The van der Waals surface area contributed by atoms with Crippen molar-refractivity contribution >= 4 is 12.6 Å². The molecule has 0 radical (unpaired) electrons. The third-order valence-corrected chi connectivity index (χ3v) is 0.910. The molecular formula is C5H9NS. The van der Waals surface area contributed by atoms with Gasteiger partial charge in [-0.1, -0.05) is 6.58 Å². The maximum atomic E-state index is 5.30. The molecule has 0 saturated heterocycles. The maximum absolute atomic E-state index is 5.30. The van der Waals surface area contributed by atoms with Gasteiger partial charge in [-0.2, -0.15) is 0 Å². The highest BCUT2D eigenvalue weighted by atomic mass is 32.1. The lowest BCUT2D eigenvalue weighted by Crippen LogP contribution is -1.94. The summed E-state index contributed by atoms with van der Waals surface area (Å²) in [6, 6.07) is 0. The third kappa shape index (κ3) is 2.34. The van der Waals surface area contributed by atoms with Crippen molar-refractivity contribution < 1.29 is 0 Å². The molecular weight excluding hydrogens is 106 g/mol. The van der Waals surface area contributed by atoms with Crippen molar-refractivity contribution in [1.82, 2.24) is 0 Å². The average Bonchev–Trinajstić information content (AvgIpc) is 1.65. The van der Waals surface area contributed by atoms with Crippen LogP contribution in [0.2, 0.25) is 0 Å². The van der Waals surface area contributed by atoms with E-state index in [0.29, 0.717) is 5.70 Å². The summed E-state index contributed by atoms with van der Waals surface area (Å²) in [7, 11) is 0. The lowest BCUT2D eigenvalue weighted by Gasteiger charge is -1.92. The Hall–Kier alpha value is -0.370. The van der Waals surface area contributed by atoms with Gasteiger partial charge in [0.15, 0.2) is 0 Å². The fourth-order valence-electron chi connectivity index (χ4n) is 0.110. The molecule has 0 saturated carbocycles. The van der Waals surface area contributed by atoms with Gasteiger partial charge in [-0.3, -0.25) is 0 Å². The van der Waals surface area contributed by atoms with Gasteiger partial charge in [0.25, 0.3) is 0 Å². The second-order valence-electron chi connectivity index (χ2n) is 1.36. The van der Waals surface area contributed by atoms with Gasteiger partial charge < -0.3 is 5.73 Å². The lowest BCUT2D eigenvalue weighted by molar-refractivity contribution is 1.32. The van der Waals surface area contributed by atoms with Crippen molar-refractivity contribution in [3.63, 3.8) is 0 Å². The Bertz CT molecular complexity index is 105. The quantitative estimate of drug-likeness (QED) is 0.391. The summed E-state index contributed by atoms with van der Waals surface area (Å²) >= 11 is 3.81. The Balaban J connectivity index is 3.82. The van der Waals surface area contributed by atoms with E-state index in [1.807, 2.05) is 6.92 Å². The molecule has 0 aliphatic carbocycles. The summed E-state index contributed by atoms with van der Waals surface area (Å²) in [4.78, 5) is 0. The second-order valence-corrected chi connectivity index (χ2v) is 1.62. The van der Waals surface area contributed by atoms with Gasteiger partial charge >= 0.3 is 0 Å². The first-order chi connectivity index (χ1) is 3.18. The summed E-state index contributed by atoms with van der Waals surface area (Å²) in [6.07, 6.45) is 0. The number of allylic oxidation sites excluding steroid dienone is 1. The van der Waals surface area contributed by atoms with Gasteiger partial charge in [0.2, 0.25) is 0 Å². The van der Waals surface area contributed by atoms with E-state index in [1.54, 1.807) is 0 Å². The Labute approximate surface area is 49.3 Å². The van der Waals surface area contributed by atoms with Crippen LogP contribution in [0.3, 0.4) is 0 Å². The molecule has 0 fully saturated rings. The molecule has 0 rings (SSSR count). The number of rotatable bonds is 1. The van der Waals surface area contributed by atoms with Gasteiger partial charge in [-0.25, -0.2) is 0 Å². The van der Waals surface area contributed by atoms with Crippen molar-refractivity contribution in [2.75, 3.05) is 0 Å². The minimum Gasteiger partial charge on any atom is -0.398 e. The van der Waals surface area contributed by atoms with E-state index in [9.17, 15) is 0 Å². The van der Waals surface area contributed by atoms with E-state index in [1.165, 1.54) is 5.41 Å². The van der Waals surface area contributed by atoms with Gasteiger partial charge in [0, 0.05) is 5.70 Å². The lowest BCUT2D eigenvalue weighted by atomic mass is 10.3.